The van der Waals surface area contributed by atoms with E-state index in [1.807, 2.05) is 18.2 Å². The van der Waals surface area contributed by atoms with Gasteiger partial charge in [-0.05, 0) is 30.8 Å². The second-order valence-corrected chi connectivity index (χ2v) is 10.2. The summed E-state index contributed by atoms with van der Waals surface area (Å²) in [5, 5.41) is 19.5. The maximum Gasteiger partial charge on any atom is 0.270 e. The van der Waals surface area contributed by atoms with Gasteiger partial charge < -0.3 is 5.32 Å². The fourth-order valence-corrected chi connectivity index (χ4v) is 4.82. The molecule has 0 bridgehead atoms. The first-order valence-electron chi connectivity index (χ1n) is 8.78. The number of non-ortho nitro benzene ring substituents is 1. The molecule has 0 atom stereocenters. The lowest BCUT2D eigenvalue weighted by atomic mass is 10.3. The summed E-state index contributed by atoms with van der Waals surface area (Å²) < 4.78 is 0.701. The van der Waals surface area contributed by atoms with Gasteiger partial charge in [0.05, 0.1) is 21.3 Å². The van der Waals surface area contributed by atoms with E-state index in [0.29, 0.717) is 32.1 Å². The zero-order chi connectivity index (χ0) is 21.3. The van der Waals surface area contributed by atoms with Crippen LogP contribution in [-0.4, -0.2) is 33.2 Å². The lowest BCUT2D eigenvalue weighted by Crippen LogP contribution is -2.09. The Hall–Kier alpha value is -2.87. The molecule has 4 rings (SSSR count). The molecule has 0 unspecified atom stereocenters. The number of thiazole rings is 1. The first kappa shape index (κ1) is 20.4. The molecular weight excluding hydrogens is 443 g/mol. The predicted molar refractivity (Wildman–Crippen MR) is 125 cm³/mol. The smallest absolute Gasteiger partial charge is 0.270 e. The minimum atomic E-state index is -0.428. The summed E-state index contributed by atoms with van der Waals surface area (Å²) in [6, 6.07) is 12.6. The molecule has 2 N–H and O–H groups in total. The number of nitrogens with zero attached hydrogens (tertiary/aromatic N) is 4. The minimum Gasteiger partial charge on any atom is -0.338 e. The SMILES string of the molecule is CP(C)c1ccccc1Nc1nc(Nc2nc3ccc([N+](=O)[O-])cc3s2)ncc1Cl. The number of hydrogen-bond donors (Lipinski definition) is 2. The number of aromatic nitrogens is 3. The number of nitro groups is 1. The fourth-order valence-electron chi connectivity index (χ4n) is 2.79. The van der Waals surface area contributed by atoms with Gasteiger partial charge in [0.25, 0.3) is 5.69 Å². The van der Waals surface area contributed by atoms with Crippen LogP contribution < -0.4 is 15.9 Å². The Kier molecular flexibility index (Phi) is 5.76. The van der Waals surface area contributed by atoms with E-state index in [2.05, 4.69) is 45.0 Å². The summed E-state index contributed by atoms with van der Waals surface area (Å²) in [6.45, 7) is 4.36. The van der Waals surface area contributed by atoms with Gasteiger partial charge >= 0.3 is 0 Å². The molecule has 30 heavy (non-hydrogen) atoms. The third-order valence-electron chi connectivity index (χ3n) is 4.18. The Morgan fingerprint density at radius 2 is 1.93 bits per heavy atom. The van der Waals surface area contributed by atoms with Crippen molar-refractivity contribution in [3.05, 3.63) is 63.8 Å². The monoisotopic (exact) mass is 458 g/mol. The van der Waals surface area contributed by atoms with Crippen molar-refractivity contribution in [3.8, 4) is 0 Å². The summed E-state index contributed by atoms with van der Waals surface area (Å²) >= 11 is 7.59. The van der Waals surface area contributed by atoms with Crippen LogP contribution >= 0.6 is 30.9 Å². The first-order valence-corrected chi connectivity index (χ1v) is 12.2. The van der Waals surface area contributed by atoms with Crippen molar-refractivity contribution in [2.75, 3.05) is 24.0 Å². The number of halogens is 1. The van der Waals surface area contributed by atoms with E-state index in [4.69, 9.17) is 11.6 Å². The fraction of sp³-hybridized carbons (Fsp3) is 0.105. The second-order valence-electron chi connectivity index (χ2n) is 6.48. The number of fused-ring (bicyclic) bond motifs is 1. The second kappa shape index (κ2) is 8.47. The molecule has 0 fully saturated rings. The summed E-state index contributed by atoms with van der Waals surface area (Å²) in [6.07, 6.45) is 1.51. The zero-order valence-corrected chi connectivity index (χ0v) is 18.4. The van der Waals surface area contributed by atoms with Gasteiger partial charge in [0.15, 0.2) is 10.9 Å². The summed E-state index contributed by atoms with van der Waals surface area (Å²) in [5.41, 5.74) is 1.64. The van der Waals surface area contributed by atoms with Gasteiger partial charge in [-0.2, -0.15) is 4.98 Å². The summed E-state index contributed by atoms with van der Waals surface area (Å²) in [7, 11) is -0.310. The molecule has 2 aromatic carbocycles. The molecule has 0 spiro atoms. The first-order chi connectivity index (χ1) is 14.4. The molecule has 2 aromatic heterocycles. The zero-order valence-electron chi connectivity index (χ0n) is 16.0. The van der Waals surface area contributed by atoms with Crippen LogP contribution in [0.2, 0.25) is 5.02 Å². The lowest BCUT2D eigenvalue weighted by Gasteiger charge is -2.15. The standard InChI is InChI=1S/C19H16ClN6O2PS/c1-29(2)15-6-4-3-5-13(15)22-17-12(20)10-21-18(24-17)25-19-23-14-8-7-11(26(27)28)9-16(14)30-19/h3-10H,1-2H3,(H2,21,22,23,24,25). The Labute approximate surface area is 182 Å². The Bertz CT molecular complexity index is 1250. The van der Waals surface area contributed by atoms with Crippen LogP contribution in [-0.2, 0) is 0 Å². The van der Waals surface area contributed by atoms with E-state index in [-0.39, 0.29) is 13.6 Å². The van der Waals surface area contributed by atoms with Gasteiger partial charge in [-0.15, -0.1) is 0 Å². The van der Waals surface area contributed by atoms with Crippen LogP contribution in [0.15, 0.2) is 48.7 Å². The van der Waals surface area contributed by atoms with Crippen molar-refractivity contribution in [1.82, 2.24) is 15.0 Å². The third kappa shape index (κ3) is 4.33. The normalized spacial score (nSPS) is 11.1. The minimum absolute atomic E-state index is 0.0254. The van der Waals surface area contributed by atoms with Crippen LogP contribution in [0, 0.1) is 10.1 Å². The maximum absolute atomic E-state index is 11.0. The Balaban J connectivity index is 1.61. The molecule has 0 aliphatic carbocycles. The highest BCUT2D eigenvalue weighted by atomic mass is 35.5. The summed E-state index contributed by atoms with van der Waals surface area (Å²) in [5.74, 6) is 0.804. The molecule has 0 aliphatic rings. The number of para-hydroxylation sites is 1. The van der Waals surface area contributed by atoms with Crippen molar-refractivity contribution >= 4 is 74.7 Å². The van der Waals surface area contributed by atoms with E-state index >= 15 is 0 Å². The van der Waals surface area contributed by atoms with E-state index < -0.39 is 4.92 Å². The number of nitrogens with one attached hydrogen (secondary N) is 2. The molecule has 0 aliphatic heterocycles. The molecule has 152 valence electrons. The molecular formula is C19H16ClN6O2PS. The quantitative estimate of drug-likeness (QED) is 0.223. The van der Waals surface area contributed by atoms with Crippen LogP contribution in [0.5, 0.6) is 0 Å². The van der Waals surface area contributed by atoms with Gasteiger partial charge in [-0.1, -0.05) is 49.1 Å². The predicted octanol–water partition coefficient (Wildman–Crippen LogP) is 5.50. The largest absolute Gasteiger partial charge is 0.338 e. The average molecular weight is 459 g/mol. The van der Waals surface area contributed by atoms with E-state index in [0.717, 1.165) is 5.69 Å². The highest BCUT2D eigenvalue weighted by molar-refractivity contribution is 7.64. The van der Waals surface area contributed by atoms with Gasteiger partial charge in [-0.25, -0.2) is 9.97 Å². The number of hydrogen-bond acceptors (Lipinski definition) is 8. The Morgan fingerprint density at radius 1 is 1.13 bits per heavy atom. The van der Waals surface area contributed by atoms with Crippen molar-refractivity contribution in [3.63, 3.8) is 0 Å². The molecule has 4 aromatic rings. The third-order valence-corrected chi connectivity index (χ3v) is 6.75. The average Bonchev–Trinajstić information content (AvgIpc) is 3.12. The molecule has 0 saturated carbocycles. The van der Waals surface area contributed by atoms with E-state index in [1.54, 1.807) is 6.07 Å². The van der Waals surface area contributed by atoms with Crippen LogP contribution in [0.25, 0.3) is 10.2 Å². The molecule has 2 heterocycles. The van der Waals surface area contributed by atoms with Crippen molar-refractivity contribution in [1.29, 1.82) is 0 Å². The van der Waals surface area contributed by atoms with Crippen LogP contribution in [0.4, 0.5) is 28.3 Å². The molecule has 11 heteroatoms. The lowest BCUT2D eigenvalue weighted by molar-refractivity contribution is -0.384. The number of anilines is 4. The molecule has 0 saturated heterocycles. The number of benzene rings is 2. The molecule has 8 nitrogen and oxygen atoms in total. The molecule has 0 radical (unpaired) electrons. The van der Waals surface area contributed by atoms with Gasteiger partial charge in [-0.3, -0.25) is 15.4 Å². The van der Waals surface area contributed by atoms with Crippen molar-refractivity contribution in [2.24, 2.45) is 0 Å². The van der Waals surface area contributed by atoms with Crippen molar-refractivity contribution in [2.45, 2.75) is 0 Å². The maximum atomic E-state index is 11.0. The summed E-state index contributed by atoms with van der Waals surface area (Å²) in [4.78, 5) is 23.7. The van der Waals surface area contributed by atoms with Crippen molar-refractivity contribution < 1.29 is 4.92 Å². The number of rotatable bonds is 6. The van der Waals surface area contributed by atoms with Crippen LogP contribution in [0.3, 0.4) is 0 Å². The van der Waals surface area contributed by atoms with Gasteiger partial charge in [0.1, 0.15) is 5.02 Å². The van der Waals surface area contributed by atoms with E-state index in [9.17, 15) is 10.1 Å². The molecule has 0 amide bonds. The van der Waals surface area contributed by atoms with Crippen LogP contribution in [0.1, 0.15) is 0 Å². The number of nitro benzene ring substituents is 1. The van der Waals surface area contributed by atoms with E-state index in [1.165, 1.54) is 35.0 Å². The highest BCUT2D eigenvalue weighted by Gasteiger charge is 2.13. The highest BCUT2D eigenvalue weighted by Crippen LogP contribution is 2.33. The topological polar surface area (TPSA) is 106 Å². The van der Waals surface area contributed by atoms with Gasteiger partial charge in [0.2, 0.25) is 5.95 Å². The Morgan fingerprint density at radius 3 is 2.70 bits per heavy atom. The van der Waals surface area contributed by atoms with Gasteiger partial charge in [0, 0.05) is 17.8 Å².